The lowest BCUT2D eigenvalue weighted by Crippen LogP contribution is -2.28. The van der Waals surface area contributed by atoms with E-state index in [1.165, 1.54) is 18.2 Å². The molecule has 2 heterocycles. The molecular formula is C27H24FN5O2. The van der Waals surface area contributed by atoms with Crippen molar-refractivity contribution in [3.63, 3.8) is 0 Å². The Labute approximate surface area is 202 Å². The normalized spacial score (nSPS) is 17.0. The summed E-state index contributed by atoms with van der Waals surface area (Å²) in [5.41, 5.74) is 2.92. The molecule has 0 fully saturated rings. The highest BCUT2D eigenvalue weighted by molar-refractivity contribution is 6.00. The Morgan fingerprint density at radius 1 is 1.06 bits per heavy atom. The highest BCUT2D eigenvalue weighted by Crippen LogP contribution is 2.38. The summed E-state index contributed by atoms with van der Waals surface area (Å²) in [6.45, 7) is 0. The highest BCUT2D eigenvalue weighted by atomic mass is 19.1. The molecule has 2 N–H and O–H groups in total. The van der Waals surface area contributed by atoms with E-state index in [2.05, 4.69) is 32.8 Å². The standard InChI is InChI=1S/C27H24FN5O2/c1-35-22-14-10-20(11-15-22)24-17-23(19-5-3-2-4-6-19)29-27-31-26(32-33(24)27)30-25(34)16-9-18-7-12-21(28)13-8-18/h2-16,23-24H,17H2,1H3,(H2,29,30,31,32,34)/b16-9+/t23-,24-/m1/s1. The molecule has 0 aliphatic carbocycles. The van der Waals surface area contributed by atoms with E-state index >= 15 is 0 Å². The largest absolute Gasteiger partial charge is 0.497 e. The van der Waals surface area contributed by atoms with Gasteiger partial charge in [-0.25, -0.2) is 9.07 Å². The molecular weight excluding hydrogens is 445 g/mol. The molecule has 1 aliphatic heterocycles. The number of methoxy groups -OCH3 is 1. The van der Waals surface area contributed by atoms with Gasteiger partial charge in [0.15, 0.2) is 0 Å². The van der Waals surface area contributed by atoms with Crippen molar-refractivity contribution in [1.82, 2.24) is 14.8 Å². The van der Waals surface area contributed by atoms with E-state index < -0.39 is 0 Å². The minimum atomic E-state index is -0.377. The summed E-state index contributed by atoms with van der Waals surface area (Å²) in [5, 5.41) is 10.8. The van der Waals surface area contributed by atoms with Gasteiger partial charge < -0.3 is 10.1 Å². The van der Waals surface area contributed by atoms with Crippen LogP contribution < -0.4 is 15.4 Å². The van der Waals surface area contributed by atoms with E-state index in [1.807, 2.05) is 42.5 Å². The smallest absolute Gasteiger partial charge is 0.250 e. The van der Waals surface area contributed by atoms with Gasteiger partial charge in [-0.15, -0.1) is 5.10 Å². The van der Waals surface area contributed by atoms with Gasteiger partial charge in [0.2, 0.25) is 5.95 Å². The highest BCUT2D eigenvalue weighted by Gasteiger charge is 2.31. The van der Waals surface area contributed by atoms with Crippen LogP contribution >= 0.6 is 0 Å². The van der Waals surface area contributed by atoms with Crippen LogP contribution in [-0.4, -0.2) is 27.8 Å². The van der Waals surface area contributed by atoms with Gasteiger partial charge in [-0.1, -0.05) is 54.6 Å². The number of nitrogens with one attached hydrogen (secondary N) is 2. The van der Waals surface area contributed by atoms with Crippen LogP contribution in [0.2, 0.25) is 0 Å². The lowest BCUT2D eigenvalue weighted by Gasteiger charge is -2.31. The molecule has 8 heteroatoms. The van der Waals surface area contributed by atoms with Crippen molar-refractivity contribution >= 4 is 23.9 Å². The van der Waals surface area contributed by atoms with Crippen LogP contribution in [0.15, 0.2) is 84.9 Å². The quantitative estimate of drug-likeness (QED) is 0.378. The van der Waals surface area contributed by atoms with Crippen molar-refractivity contribution in [1.29, 1.82) is 0 Å². The summed E-state index contributed by atoms with van der Waals surface area (Å²) in [6, 6.07) is 23.9. The number of ether oxygens (including phenoxy) is 1. The Balaban J connectivity index is 1.40. The van der Waals surface area contributed by atoms with E-state index in [9.17, 15) is 9.18 Å². The Hall–Kier alpha value is -4.46. The molecule has 1 aromatic heterocycles. The predicted octanol–water partition coefficient (Wildman–Crippen LogP) is 5.22. The summed E-state index contributed by atoms with van der Waals surface area (Å²) in [6.07, 6.45) is 3.73. The number of amides is 1. The summed E-state index contributed by atoms with van der Waals surface area (Å²) < 4.78 is 20.2. The number of aromatic nitrogens is 3. The molecule has 0 unspecified atom stereocenters. The average Bonchev–Trinajstić information content (AvgIpc) is 3.30. The third-order valence-corrected chi connectivity index (χ3v) is 5.92. The van der Waals surface area contributed by atoms with Gasteiger partial charge in [0.1, 0.15) is 11.6 Å². The summed E-state index contributed by atoms with van der Waals surface area (Å²) in [7, 11) is 1.64. The van der Waals surface area contributed by atoms with Crippen LogP contribution in [0.1, 0.15) is 35.2 Å². The predicted molar refractivity (Wildman–Crippen MR) is 133 cm³/mol. The number of hydrogen-bond donors (Lipinski definition) is 2. The van der Waals surface area contributed by atoms with Gasteiger partial charge in [-0.3, -0.25) is 10.1 Å². The molecule has 0 radical (unpaired) electrons. The van der Waals surface area contributed by atoms with Crippen LogP contribution in [0.5, 0.6) is 5.75 Å². The maximum atomic E-state index is 13.1. The van der Waals surface area contributed by atoms with Crippen molar-refractivity contribution < 1.29 is 13.9 Å². The lowest BCUT2D eigenvalue weighted by molar-refractivity contribution is -0.111. The summed E-state index contributed by atoms with van der Waals surface area (Å²) in [4.78, 5) is 17.0. The number of anilines is 2. The molecule has 1 amide bonds. The first-order valence-corrected chi connectivity index (χ1v) is 11.3. The second-order valence-electron chi connectivity index (χ2n) is 8.21. The minimum Gasteiger partial charge on any atom is -0.497 e. The van der Waals surface area contributed by atoms with E-state index in [-0.39, 0.29) is 29.8 Å². The minimum absolute atomic E-state index is 0.0296. The second kappa shape index (κ2) is 9.80. The maximum absolute atomic E-state index is 13.1. The molecule has 5 rings (SSSR count). The van der Waals surface area contributed by atoms with Crippen LogP contribution in [0, 0.1) is 5.82 Å². The van der Waals surface area contributed by atoms with Crippen LogP contribution in [0.3, 0.4) is 0 Å². The van der Waals surface area contributed by atoms with Crippen LogP contribution in [0.4, 0.5) is 16.3 Å². The van der Waals surface area contributed by atoms with Crippen LogP contribution in [0.25, 0.3) is 6.08 Å². The molecule has 0 bridgehead atoms. The van der Waals surface area contributed by atoms with Crippen molar-refractivity contribution in [3.05, 3.63) is 107 Å². The SMILES string of the molecule is COc1ccc([C@H]2C[C@H](c3ccccc3)Nc3nc(NC(=O)/C=C/c4ccc(F)cc4)nn32)cc1. The molecule has 7 nitrogen and oxygen atoms in total. The zero-order chi connectivity index (χ0) is 24.2. The zero-order valence-electron chi connectivity index (χ0n) is 19.1. The first-order chi connectivity index (χ1) is 17.1. The fourth-order valence-corrected chi connectivity index (χ4v) is 4.14. The number of hydrogen-bond acceptors (Lipinski definition) is 5. The Morgan fingerprint density at radius 2 is 1.80 bits per heavy atom. The second-order valence-corrected chi connectivity index (χ2v) is 8.21. The Morgan fingerprint density at radius 3 is 2.51 bits per heavy atom. The first kappa shape index (κ1) is 22.3. The molecule has 1 aliphatic rings. The van der Waals surface area contributed by atoms with E-state index in [0.29, 0.717) is 11.5 Å². The Kier molecular flexibility index (Phi) is 6.26. The third-order valence-electron chi connectivity index (χ3n) is 5.92. The third kappa shape index (κ3) is 5.06. The fraction of sp³-hybridized carbons (Fsp3) is 0.148. The Bertz CT molecular complexity index is 1330. The van der Waals surface area contributed by atoms with Crippen molar-refractivity contribution in [2.24, 2.45) is 0 Å². The lowest BCUT2D eigenvalue weighted by atomic mass is 9.93. The summed E-state index contributed by atoms with van der Waals surface area (Å²) in [5.74, 6) is 0.851. The van der Waals surface area contributed by atoms with E-state index in [1.54, 1.807) is 30.0 Å². The molecule has 4 aromatic rings. The number of rotatable bonds is 6. The van der Waals surface area contributed by atoms with Crippen molar-refractivity contribution in [2.45, 2.75) is 18.5 Å². The van der Waals surface area contributed by atoms with Gasteiger partial charge in [0.05, 0.1) is 19.2 Å². The van der Waals surface area contributed by atoms with Gasteiger partial charge in [-0.2, -0.15) is 4.98 Å². The number of nitrogens with zero attached hydrogens (tertiary/aromatic N) is 3. The molecule has 3 aromatic carbocycles. The monoisotopic (exact) mass is 469 g/mol. The van der Waals surface area contributed by atoms with E-state index in [0.717, 1.165) is 23.3 Å². The van der Waals surface area contributed by atoms with Gasteiger partial charge in [0, 0.05) is 6.08 Å². The number of fused-ring (bicyclic) bond motifs is 1. The number of halogens is 1. The van der Waals surface area contributed by atoms with Gasteiger partial charge in [-0.05, 0) is 53.5 Å². The summed E-state index contributed by atoms with van der Waals surface area (Å²) >= 11 is 0. The molecule has 176 valence electrons. The fourth-order valence-electron chi connectivity index (χ4n) is 4.14. The van der Waals surface area contributed by atoms with Gasteiger partial charge in [0.25, 0.3) is 11.9 Å². The van der Waals surface area contributed by atoms with Gasteiger partial charge >= 0.3 is 0 Å². The number of carbonyl (C=O) groups is 1. The molecule has 35 heavy (non-hydrogen) atoms. The topological polar surface area (TPSA) is 81.1 Å². The first-order valence-electron chi connectivity index (χ1n) is 11.3. The molecule has 2 atom stereocenters. The number of carbonyl (C=O) groups excluding carboxylic acids is 1. The maximum Gasteiger partial charge on any atom is 0.250 e. The van der Waals surface area contributed by atoms with E-state index in [4.69, 9.17) is 4.74 Å². The molecule has 0 saturated heterocycles. The zero-order valence-corrected chi connectivity index (χ0v) is 19.1. The molecule has 0 spiro atoms. The average molecular weight is 470 g/mol. The number of benzene rings is 3. The van der Waals surface area contributed by atoms with Crippen molar-refractivity contribution in [2.75, 3.05) is 17.7 Å². The van der Waals surface area contributed by atoms with Crippen molar-refractivity contribution in [3.8, 4) is 5.75 Å². The van der Waals surface area contributed by atoms with Crippen LogP contribution in [-0.2, 0) is 4.79 Å². The molecule has 0 saturated carbocycles.